The van der Waals surface area contributed by atoms with Gasteiger partial charge in [0.1, 0.15) is 18.1 Å². The third-order valence-electron chi connectivity index (χ3n) is 4.82. The molecule has 3 aromatic carbocycles. The number of furan rings is 1. The second-order valence-corrected chi connectivity index (χ2v) is 7.24. The van der Waals surface area contributed by atoms with Gasteiger partial charge >= 0.3 is 0 Å². The topological polar surface area (TPSA) is 124 Å². The van der Waals surface area contributed by atoms with Crippen molar-refractivity contribution in [1.29, 1.82) is 0 Å². The Labute approximate surface area is 189 Å². The van der Waals surface area contributed by atoms with Crippen LogP contribution >= 0.6 is 0 Å². The predicted octanol–water partition coefficient (Wildman–Crippen LogP) is 3.48. The molecule has 8 nitrogen and oxygen atoms in total. The third kappa shape index (κ3) is 5.56. The molecule has 0 spiro atoms. The molecule has 33 heavy (non-hydrogen) atoms. The summed E-state index contributed by atoms with van der Waals surface area (Å²) < 4.78 is 11.4. The molecule has 0 radical (unpaired) electrons. The van der Waals surface area contributed by atoms with Gasteiger partial charge in [0.25, 0.3) is 11.8 Å². The van der Waals surface area contributed by atoms with Crippen LogP contribution in [0.15, 0.2) is 83.3 Å². The minimum atomic E-state index is -0.632. The average molecular weight is 443 g/mol. The molecular weight excluding hydrogens is 422 g/mol. The smallest absolute Gasteiger partial charge is 0.291 e. The molecule has 166 valence electrons. The molecule has 1 aromatic heterocycles. The van der Waals surface area contributed by atoms with Crippen molar-refractivity contribution in [2.24, 2.45) is 5.73 Å². The lowest BCUT2D eigenvalue weighted by molar-refractivity contribution is -0.117. The Morgan fingerprint density at radius 2 is 1.61 bits per heavy atom. The van der Waals surface area contributed by atoms with E-state index in [1.165, 1.54) is 12.1 Å². The van der Waals surface area contributed by atoms with Crippen molar-refractivity contribution in [2.75, 3.05) is 11.9 Å². The molecule has 0 atom stereocenters. The Hall–Kier alpha value is -4.59. The second-order valence-electron chi connectivity index (χ2n) is 7.24. The maximum atomic E-state index is 12.5. The number of ether oxygens (including phenoxy) is 1. The summed E-state index contributed by atoms with van der Waals surface area (Å²) in [6, 6.07) is 23.3. The Morgan fingerprint density at radius 1 is 0.848 bits per heavy atom. The molecule has 4 aromatic rings. The van der Waals surface area contributed by atoms with Gasteiger partial charge in [-0.05, 0) is 59.3 Å². The zero-order chi connectivity index (χ0) is 23.2. The molecule has 3 amide bonds. The second kappa shape index (κ2) is 9.69. The number of carbonyl (C=O) groups is 3. The van der Waals surface area contributed by atoms with Crippen molar-refractivity contribution >= 4 is 34.2 Å². The number of hydrogen-bond donors (Lipinski definition) is 3. The first-order chi connectivity index (χ1) is 16.0. The minimum Gasteiger partial charge on any atom is -0.486 e. The standard InChI is InChI=1S/C25H21N3O5/c26-23(29)14-27-24(30)17-5-8-19(9-6-17)28-25(31)22-12-11-21(33-22)15-32-20-10-7-16-3-1-2-4-18(16)13-20/h1-13H,14-15H2,(H2,26,29)(H,27,30)(H,28,31). The molecule has 4 rings (SSSR count). The fourth-order valence-corrected chi connectivity index (χ4v) is 3.16. The molecule has 1 heterocycles. The van der Waals surface area contributed by atoms with Crippen LogP contribution in [0.25, 0.3) is 10.8 Å². The van der Waals surface area contributed by atoms with Gasteiger partial charge in [0.05, 0.1) is 6.54 Å². The predicted molar refractivity (Wildman–Crippen MR) is 123 cm³/mol. The highest BCUT2D eigenvalue weighted by atomic mass is 16.5. The molecule has 0 aliphatic heterocycles. The van der Waals surface area contributed by atoms with Crippen LogP contribution < -0.4 is 21.1 Å². The van der Waals surface area contributed by atoms with E-state index in [1.807, 2.05) is 42.5 Å². The molecule has 0 saturated heterocycles. The maximum absolute atomic E-state index is 12.5. The first-order valence-electron chi connectivity index (χ1n) is 10.2. The Balaban J connectivity index is 1.32. The summed E-state index contributed by atoms with van der Waals surface area (Å²) in [6.07, 6.45) is 0. The SMILES string of the molecule is NC(=O)CNC(=O)c1ccc(NC(=O)c2ccc(COc3ccc4ccccc4c3)o2)cc1. The lowest BCUT2D eigenvalue weighted by Gasteiger charge is -2.07. The van der Waals surface area contributed by atoms with Gasteiger partial charge in [-0.15, -0.1) is 0 Å². The van der Waals surface area contributed by atoms with E-state index in [1.54, 1.807) is 24.3 Å². The Morgan fingerprint density at radius 3 is 2.36 bits per heavy atom. The molecule has 0 saturated carbocycles. The van der Waals surface area contributed by atoms with E-state index in [0.29, 0.717) is 22.8 Å². The van der Waals surface area contributed by atoms with Crippen molar-refractivity contribution < 1.29 is 23.5 Å². The number of benzene rings is 3. The van der Waals surface area contributed by atoms with Gasteiger partial charge in [-0.1, -0.05) is 30.3 Å². The maximum Gasteiger partial charge on any atom is 0.291 e. The highest BCUT2D eigenvalue weighted by molar-refractivity contribution is 6.03. The van der Waals surface area contributed by atoms with E-state index in [9.17, 15) is 14.4 Å². The summed E-state index contributed by atoms with van der Waals surface area (Å²) in [6.45, 7) is -0.0660. The van der Waals surface area contributed by atoms with E-state index < -0.39 is 17.7 Å². The number of primary amides is 1. The van der Waals surface area contributed by atoms with Crippen LogP contribution in [0.4, 0.5) is 5.69 Å². The number of carbonyl (C=O) groups excluding carboxylic acids is 3. The highest BCUT2D eigenvalue weighted by Gasteiger charge is 2.13. The lowest BCUT2D eigenvalue weighted by Crippen LogP contribution is -2.33. The van der Waals surface area contributed by atoms with Crippen molar-refractivity contribution in [3.8, 4) is 5.75 Å². The van der Waals surface area contributed by atoms with Gasteiger partial charge in [0, 0.05) is 11.3 Å². The quantitative estimate of drug-likeness (QED) is 0.385. The first kappa shape index (κ1) is 21.6. The minimum absolute atomic E-state index is 0.135. The third-order valence-corrected chi connectivity index (χ3v) is 4.82. The number of fused-ring (bicyclic) bond motifs is 1. The fraction of sp³-hybridized carbons (Fsp3) is 0.0800. The number of rotatable bonds is 8. The molecule has 0 aliphatic rings. The zero-order valence-electron chi connectivity index (χ0n) is 17.5. The highest BCUT2D eigenvalue weighted by Crippen LogP contribution is 2.22. The van der Waals surface area contributed by atoms with Crippen molar-refractivity contribution in [1.82, 2.24) is 5.32 Å². The van der Waals surface area contributed by atoms with Gasteiger partial charge in [-0.2, -0.15) is 0 Å². The van der Waals surface area contributed by atoms with Crippen LogP contribution in [0, 0.1) is 0 Å². The number of hydrogen-bond acceptors (Lipinski definition) is 5. The summed E-state index contributed by atoms with van der Waals surface area (Å²) in [7, 11) is 0. The van der Waals surface area contributed by atoms with Crippen LogP contribution in [-0.2, 0) is 11.4 Å². The van der Waals surface area contributed by atoms with Gasteiger partial charge in [0.15, 0.2) is 5.76 Å². The zero-order valence-corrected chi connectivity index (χ0v) is 17.5. The van der Waals surface area contributed by atoms with Gasteiger partial charge in [0.2, 0.25) is 5.91 Å². The van der Waals surface area contributed by atoms with Gasteiger partial charge in [-0.25, -0.2) is 0 Å². The lowest BCUT2D eigenvalue weighted by atomic mass is 10.1. The number of nitrogens with one attached hydrogen (secondary N) is 2. The largest absolute Gasteiger partial charge is 0.486 e. The normalized spacial score (nSPS) is 10.5. The molecule has 8 heteroatoms. The molecule has 0 aliphatic carbocycles. The van der Waals surface area contributed by atoms with Crippen LogP contribution in [-0.4, -0.2) is 24.3 Å². The first-order valence-corrected chi connectivity index (χ1v) is 10.2. The van der Waals surface area contributed by atoms with Gasteiger partial charge < -0.3 is 25.5 Å². The Bertz CT molecular complexity index is 1310. The van der Waals surface area contributed by atoms with E-state index in [2.05, 4.69) is 10.6 Å². The summed E-state index contributed by atoms with van der Waals surface area (Å²) in [5, 5.41) is 7.30. The van der Waals surface area contributed by atoms with Crippen molar-refractivity contribution in [3.05, 3.63) is 95.9 Å². The number of nitrogens with two attached hydrogens (primary N) is 1. The monoisotopic (exact) mass is 443 g/mol. The average Bonchev–Trinajstić information content (AvgIpc) is 3.31. The van der Waals surface area contributed by atoms with E-state index in [-0.39, 0.29) is 18.9 Å². The summed E-state index contributed by atoms with van der Waals surface area (Å²) >= 11 is 0. The molecule has 0 fully saturated rings. The van der Waals surface area contributed by atoms with Crippen LogP contribution in [0.3, 0.4) is 0 Å². The van der Waals surface area contributed by atoms with Crippen LogP contribution in [0.2, 0.25) is 0 Å². The van der Waals surface area contributed by atoms with Crippen molar-refractivity contribution in [3.63, 3.8) is 0 Å². The van der Waals surface area contributed by atoms with Crippen molar-refractivity contribution in [2.45, 2.75) is 6.61 Å². The van der Waals surface area contributed by atoms with E-state index in [0.717, 1.165) is 10.8 Å². The van der Waals surface area contributed by atoms with E-state index >= 15 is 0 Å². The number of amides is 3. The van der Waals surface area contributed by atoms with Crippen LogP contribution in [0.1, 0.15) is 26.7 Å². The number of anilines is 1. The summed E-state index contributed by atoms with van der Waals surface area (Å²) in [5.74, 6) is -0.152. The summed E-state index contributed by atoms with van der Waals surface area (Å²) in [4.78, 5) is 35.1. The fourth-order valence-electron chi connectivity index (χ4n) is 3.16. The summed E-state index contributed by atoms with van der Waals surface area (Å²) in [5.41, 5.74) is 5.82. The van der Waals surface area contributed by atoms with E-state index in [4.69, 9.17) is 14.9 Å². The molecular formula is C25H21N3O5. The molecule has 4 N–H and O–H groups in total. The van der Waals surface area contributed by atoms with Crippen LogP contribution in [0.5, 0.6) is 5.75 Å². The van der Waals surface area contributed by atoms with Gasteiger partial charge in [-0.3, -0.25) is 14.4 Å². The Kier molecular flexibility index (Phi) is 6.36. The molecule has 0 bridgehead atoms. The molecule has 0 unspecified atom stereocenters.